The van der Waals surface area contributed by atoms with Crippen LogP contribution in [0.5, 0.6) is 28.7 Å². The summed E-state index contributed by atoms with van der Waals surface area (Å²) in [6, 6.07) is 18.6. The molecule has 0 N–H and O–H groups in total. The Morgan fingerprint density at radius 2 is 1.41 bits per heavy atom. The summed E-state index contributed by atoms with van der Waals surface area (Å²) in [7, 11) is 6.13. The van der Waals surface area contributed by atoms with Crippen molar-refractivity contribution in [2.75, 3.05) is 28.4 Å². The molecule has 0 aliphatic heterocycles. The molecule has 6 heteroatoms. The van der Waals surface area contributed by atoms with Gasteiger partial charge in [-0.25, -0.2) is 0 Å². The van der Waals surface area contributed by atoms with Gasteiger partial charge in [0.15, 0.2) is 28.8 Å². The quantitative estimate of drug-likeness (QED) is 0.323. The highest BCUT2D eigenvalue weighted by Crippen LogP contribution is 2.38. The second kappa shape index (κ2) is 10.9. The lowest BCUT2D eigenvalue weighted by Gasteiger charge is -2.13. The molecule has 32 heavy (non-hydrogen) atoms. The van der Waals surface area contributed by atoms with Crippen LogP contribution in [0.4, 0.5) is 0 Å². The number of ketones is 1. The Labute approximate surface area is 188 Å². The van der Waals surface area contributed by atoms with Crippen molar-refractivity contribution in [3.63, 3.8) is 0 Å². The first-order valence-electron chi connectivity index (χ1n) is 9.96. The first kappa shape index (κ1) is 22.7. The molecule has 3 aromatic carbocycles. The van der Waals surface area contributed by atoms with Crippen LogP contribution in [0, 0.1) is 0 Å². The Kier molecular flexibility index (Phi) is 7.75. The van der Waals surface area contributed by atoms with Gasteiger partial charge in [-0.05, 0) is 41.5 Å². The zero-order valence-electron chi connectivity index (χ0n) is 18.6. The normalized spacial score (nSPS) is 10.6. The molecule has 0 atom stereocenters. The molecule has 3 aromatic rings. The van der Waals surface area contributed by atoms with E-state index in [2.05, 4.69) is 0 Å². The Hall–Kier alpha value is -3.93. The van der Waals surface area contributed by atoms with Crippen molar-refractivity contribution in [3.05, 3.63) is 83.4 Å². The van der Waals surface area contributed by atoms with Crippen LogP contribution < -0.4 is 23.7 Å². The van der Waals surface area contributed by atoms with E-state index < -0.39 is 0 Å². The molecule has 0 fully saturated rings. The van der Waals surface area contributed by atoms with E-state index in [-0.39, 0.29) is 5.78 Å². The molecule has 0 saturated heterocycles. The van der Waals surface area contributed by atoms with Crippen molar-refractivity contribution >= 4 is 11.9 Å². The van der Waals surface area contributed by atoms with Crippen molar-refractivity contribution < 1.29 is 28.5 Å². The van der Waals surface area contributed by atoms with Crippen molar-refractivity contribution in [2.45, 2.75) is 6.61 Å². The fourth-order valence-electron chi connectivity index (χ4n) is 3.14. The van der Waals surface area contributed by atoms with E-state index in [4.69, 9.17) is 23.7 Å². The molecule has 0 heterocycles. The number of ether oxygens (including phenoxy) is 5. The number of rotatable bonds is 10. The van der Waals surface area contributed by atoms with Crippen molar-refractivity contribution in [1.29, 1.82) is 0 Å². The van der Waals surface area contributed by atoms with Gasteiger partial charge in [0.2, 0.25) is 5.75 Å². The van der Waals surface area contributed by atoms with Gasteiger partial charge in [-0.15, -0.1) is 0 Å². The van der Waals surface area contributed by atoms with Gasteiger partial charge in [-0.2, -0.15) is 0 Å². The summed E-state index contributed by atoms with van der Waals surface area (Å²) in [5.41, 5.74) is 2.27. The number of benzene rings is 3. The zero-order chi connectivity index (χ0) is 22.9. The largest absolute Gasteiger partial charge is 0.493 e. The minimum absolute atomic E-state index is 0.202. The van der Waals surface area contributed by atoms with Crippen LogP contribution in [0.1, 0.15) is 21.5 Å². The topological polar surface area (TPSA) is 63.2 Å². The average Bonchev–Trinajstić information content (AvgIpc) is 2.85. The molecular formula is C26H26O6. The van der Waals surface area contributed by atoms with Gasteiger partial charge in [0.05, 0.1) is 28.4 Å². The monoisotopic (exact) mass is 434 g/mol. The molecular weight excluding hydrogens is 408 g/mol. The van der Waals surface area contributed by atoms with Crippen LogP contribution in [0.3, 0.4) is 0 Å². The lowest BCUT2D eigenvalue weighted by atomic mass is 10.1. The lowest BCUT2D eigenvalue weighted by Crippen LogP contribution is -2.00. The molecule has 3 rings (SSSR count). The molecule has 0 bridgehead atoms. The maximum atomic E-state index is 12.8. The highest BCUT2D eigenvalue weighted by molar-refractivity contribution is 6.07. The van der Waals surface area contributed by atoms with Gasteiger partial charge in [0.1, 0.15) is 6.61 Å². The SMILES string of the molecule is COc1ccc(C=CC(=O)c2cc(OC)c(OC)c(OC)c2)cc1OCc1ccccc1. The Morgan fingerprint density at radius 3 is 2.00 bits per heavy atom. The van der Waals surface area contributed by atoms with Crippen LogP contribution in [-0.4, -0.2) is 34.2 Å². The van der Waals surface area contributed by atoms with Gasteiger partial charge < -0.3 is 23.7 Å². The van der Waals surface area contributed by atoms with E-state index in [9.17, 15) is 4.79 Å². The highest BCUT2D eigenvalue weighted by atomic mass is 16.5. The summed E-state index contributed by atoms with van der Waals surface area (Å²) < 4.78 is 27.3. The second-order valence-corrected chi connectivity index (χ2v) is 6.80. The zero-order valence-corrected chi connectivity index (χ0v) is 18.6. The highest BCUT2D eigenvalue weighted by Gasteiger charge is 2.16. The summed E-state index contributed by atoms with van der Waals surface area (Å²) in [5.74, 6) is 2.29. The molecule has 0 aromatic heterocycles. The predicted octanol–water partition coefficient (Wildman–Crippen LogP) is 5.20. The van der Waals surface area contributed by atoms with Crippen molar-refractivity contribution in [1.82, 2.24) is 0 Å². The number of hydrogen-bond acceptors (Lipinski definition) is 6. The van der Waals surface area contributed by atoms with E-state index in [0.717, 1.165) is 11.1 Å². The van der Waals surface area contributed by atoms with Crippen LogP contribution in [-0.2, 0) is 6.61 Å². The van der Waals surface area contributed by atoms with Gasteiger partial charge in [0, 0.05) is 5.56 Å². The predicted molar refractivity (Wildman–Crippen MR) is 123 cm³/mol. The molecule has 6 nitrogen and oxygen atoms in total. The molecule has 0 amide bonds. The van der Waals surface area contributed by atoms with E-state index >= 15 is 0 Å². The minimum Gasteiger partial charge on any atom is -0.493 e. The van der Waals surface area contributed by atoms with Gasteiger partial charge in [-0.1, -0.05) is 42.5 Å². The third kappa shape index (κ3) is 5.40. The maximum Gasteiger partial charge on any atom is 0.203 e. The standard InChI is InChI=1S/C26H26O6/c1-28-22-13-11-18(14-23(22)32-17-19-8-6-5-7-9-19)10-12-21(27)20-15-24(29-2)26(31-4)25(16-20)30-3/h5-16H,17H2,1-4H3. The first-order valence-corrected chi connectivity index (χ1v) is 9.96. The Bertz CT molecular complexity index is 1060. The fourth-order valence-corrected chi connectivity index (χ4v) is 3.14. The minimum atomic E-state index is -0.202. The van der Waals surface area contributed by atoms with Crippen LogP contribution in [0.15, 0.2) is 66.7 Å². The van der Waals surface area contributed by atoms with E-state index in [0.29, 0.717) is 40.9 Å². The second-order valence-electron chi connectivity index (χ2n) is 6.80. The average molecular weight is 434 g/mol. The molecule has 0 unspecified atom stereocenters. The van der Waals surface area contributed by atoms with Crippen LogP contribution in [0.2, 0.25) is 0 Å². The number of methoxy groups -OCH3 is 4. The van der Waals surface area contributed by atoms with E-state index in [1.165, 1.54) is 27.4 Å². The summed E-state index contributed by atoms with van der Waals surface area (Å²) in [6.45, 7) is 0.411. The fraction of sp³-hybridized carbons (Fsp3) is 0.192. The van der Waals surface area contributed by atoms with Gasteiger partial charge >= 0.3 is 0 Å². The summed E-state index contributed by atoms with van der Waals surface area (Å²) in [4.78, 5) is 12.8. The smallest absolute Gasteiger partial charge is 0.203 e. The van der Waals surface area contributed by atoms with E-state index in [1.54, 1.807) is 25.3 Å². The summed E-state index contributed by atoms with van der Waals surface area (Å²) >= 11 is 0. The number of carbonyl (C=O) groups is 1. The summed E-state index contributed by atoms with van der Waals surface area (Å²) in [6.07, 6.45) is 3.21. The van der Waals surface area contributed by atoms with E-state index in [1.807, 2.05) is 48.5 Å². The molecule has 0 aliphatic rings. The molecule has 0 aliphatic carbocycles. The molecule has 0 saturated carbocycles. The number of hydrogen-bond donors (Lipinski definition) is 0. The first-order chi connectivity index (χ1) is 15.6. The number of carbonyl (C=O) groups excluding carboxylic acids is 1. The van der Waals surface area contributed by atoms with Crippen LogP contribution in [0.25, 0.3) is 6.08 Å². The lowest BCUT2D eigenvalue weighted by molar-refractivity contribution is 0.104. The summed E-state index contributed by atoms with van der Waals surface area (Å²) in [5, 5.41) is 0. The van der Waals surface area contributed by atoms with Crippen molar-refractivity contribution in [2.24, 2.45) is 0 Å². The van der Waals surface area contributed by atoms with Gasteiger partial charge in [-0.3, -0.25) is 4.79 Å². The van der Waals surface area contributed by atoms with Gasteiger partial charge in [0.25, 0.3) is 0 Å². The Morgan fingerprint density at radius 1 is 0.750 bits per heavy atom. The number of allylic oxidation sites excluding steroid dienone is 1. The van der Waals surface area contributed by atoms with Crippen molar-refractivity contribution in [3.8, 4) is 28.7 Å². The molecule has 166 valence electrons. The van der Waals surface area contributed by atoms with Crippen LogP contribution >= 0.6 is 0 Å². The third-order valence-electron chi connectivity index (χ3n) is 4.80. The molecule has 0 radical (unpaired) electrons. The third-order valence-corrected chi connectivity index (χ3v) is 4.80. The maximum absolute atomic E-state index is 12.8. The Balaban J connectivity index is 1.80. The molecule has 0 spiro atoms.